The van der Waals surface area contributed by atoms with Crippen LogP contribution in [0.4, 0.5) is 11.5 Å². The molecule has 2 aliphatic rings. The highest BCUT2D eigenvalue weighted by Crippen LogP contribution is 2.34. The Morgan fingerprint density at radius 2 is 1.88 bits per heavy atom. The fourth-order valence-corrected chi connectivity index (χ4v) is 4.29. The first kappa shape index (κ1) is 22.1. The van der Waals surface area contributed by atoms with Crippen LogP contribution in [0.15, 0.2) is 42.5 Å². The molecule has 178 valence electrons. The normalized spacial score (nSPS) is 16.2. The van der Waals surface area contributed by atoms with Crippen LogP contribution in [0.3, 0.4) is 0 Å². The highest BCUT2D eigenvalue weighted by Gasteiger charge is 2.19. The predicted octanol–water partition coefficient (Wildman–Crippen LogP) is 3.61. The molecule has 9 heteroatoms. The van der Waals surface area contributed by atoms with E-state index in [2.05, 4.69) is 32.8 Å². The van der Waals surface area contributed by atoms with E-state index in [1.165, 1.54) is 0 Å². The number of nitrogens with one attached hydrogen (secondary N) is 3. The van der Waals surface area contributed by atoms with Crippen LogP contribution in [-0.4, -0.2) is 67.5 Å². The minimum Gasteiger partial charge on any atom is -0.496 e. The second kappa shape index (κ2) is 9.64. The van der Waals surface area contributed by atoms with Crippen LogP contribution in [0.25, 0.3) is 11.3 Å². The Labute approximate surface area is 198 Å². The minimum absolute atomic E-state index is 0.289. The van der Waals surface area contributed by atoms with E-state index >= 15 is 0 Å². The second-order valence-electron chi connectivity index (χ2n) is 8.62. The molecule has 0 atom stereocenters. The first-order valence-electron chi connectivity index (χ1n) is 11.5. The summed E-state index contributed by atoms with van der Waals surface area (Å²) in [5.74, 6) is 2.07. The van der Waals surface area contributed by atoms with E-state index in [1.54, 1.807) is 19.2 Å². The van der Waals surface area contributed by atoms with Gasteiger partial charge in [-0.2, -0.15) is 5.10 Å². The number of likely N-dealkylation sites (tertiary alicyclic amines) is 1. The Bertz CT molecular complexity index is 1170. The largest absolute Gasteiger partial charge is 0.496 e. The average Bonchev–Trinajstić information content (AvgIpc) is 3.33. The van der Waals surface area contributed by atoms with Crippen molar-refractivity contribution in [1.82, 2.24) is 15.1 Å². The summed E-state index contributed by atoms with van der Waals surface area (Å²) in [7, 11) is 3.71. The van der Waals surface area contributed by atoms with Gasteiger partial charge in [-0.3, -0.25) is 9.89 Å². The lowest BCUT2D eigenvalue weighted by Gasteiger charge is -2.30. The summed E-state index contributed by atoms with van der Waals surface area (Å²) < 4.78 is 16.7. The van der Waals surface area contributed by atoms with Crippen LogP contribution in [0, 0.1) is 0 Å². The molecule has 0 saturated carbocycles. The van der Waals surface area contributed by atoms with Crippen molar-refractivity contribution >= 4 is 17.4 Å². The standard InChI is InChI=1S/C25H29N5O4/c1-30-9-7-17(8-10-30)26-18-4-5-19(22(14-18)32-2)25(31)27-24-15-20(28-29-24)16-3-6-21-23(13-16)34-12-11-33-21/h3-6,13-15,17,26H,7-12H2,1-2H3,(H2,27,28,29,31). The molecule has 3 aromatic rings. The Morgan fingerprint density at radius 1 is 1.09 bits per heavy atom. The molecule has 3 N–H and O–H groups in total. The lowest BCUT2D eigenvalue weighted by molar-refractivity contribution is 0.102. The average molecular weight is 464 g/mol. The van der Waals surface area contributed by atoms with E-state index in [0.717, 1.165) is 48.6 Å². The zero-order chi connectivity index (χ0) is 23.5. The van der Waals surface area contributed by atoms with Crippen molar-refractivity contribution in [2.75, 3.05) is 51.1 Å². The second-order valence-corrected chi connectivity index (χ2v) is 8.62. The summed E-state index contributed by atoms with van der Waals surface area (Å²) in [6, 6.07) is 13.5. The van der Waals surface area contributed by atoms with Crippen LogP contribution in [0.5, 0.6) is 17.2 Å². The number of aromatic nitrogens is 2. The molecule has 5 rings (SSSR count). The molecule has 3 heterocycles. The van der Waals surface area contributed by atoms with Crippen molar-refractivity contribution in [3.63, 3.8) is 0 Å². The first-order valence-corrected chi connectivity index (χ1v) is 11.5. The predicted molar refractivity (Wildman–Crippen MR) is 130 cm³/mol. The van der Waals surface area contributed by atoms with Gasteiger partial charge in [0.15, 0.2) is 17.3 Å². The minimum atomic E-state index is -0.289. The highest BCUT2D eigenvalue weighted by molar-refractivity contribution is 6.06. The molecular formula is C25H29N5O4. The number of fused-ring (bicyclic) bond motifs is 1. The maximum atomic E-state index is 13.0. The van der Waals surface area contributed by atoms with Crippen molar-refractivity contribution in [3.05, 3.63) is 48.0 Å². The quantitative estimate of drug-likeness (QED) is 0.513. The van der Waals surface area contributed by atoms with Crippen LogP contribution < -0.4 is 24.8 Å². The Kier molecular flexibility index (Phi) is 6.27. The third-order valence-electron chi connectivity index (χ3n) is 6.21. The summed E-state index contributed by atoms with van der Waals surface area (Å²) in [5, 5.41) is 13.6. The number of carbonyl (C=O) groups excluding carboxylic acids is 1. The van der Waals surface area contributed by atoms with Gasteiger partial charge in [-0.05, 0) is 63.3 Å². The fraction of sp³-hybridized carbons (Fsp3) is 0.360. The molecular weight excluding hydrogens is 434 g/mol. The molecule has 1 amide bonds. The number of H-pyrrole nitrogens is 1. The van der Waals surface area contributed by atoms with Crippen LogP contribution in [-0.2, 0) is 0 Å². The fourth-order valence-electron chi connectivity index (χ4n) is 4.29. The molecule has 0 aliphatic carbocycles. The molecule has 2 aromatic carbocycles. The number of carbonyl (C=O) groups is 1. The maximum absolute atomic E-state index is 13.0. The number of rotatable bonds is 6. The SMILES string of the molecule is COc1cc(NC2CCN(C)CC2)ccc1C(=O)Nc1cc(-c2ccc3c(c2)OCCO3)[nH]n1. The molecule has 0 spiro atoms. The van der Waals surface area contributed by atoms with E-state index in [1.807, 2.05) is 30.3 Å². The highest BCUT2D eigenvalue weighted by atomic mass is 16.6. The van der Waals surface area contributed by atoms with E-state index < -0.39 is 0 Å². The lowest BCUT2D eigenvalue weighted by atomic mass is 10.0. The van der Waals surface area contributed by atoms with Gasteiger partial charge >= 0.3 is 0 Å². The molecule has 0 bridgehead atoms. The Balaban J connectivity index is 1.26. The van der Waals surface area contributed by atoms with Gasteiger partial charge in [0.05, 0.1) is 18.4 Å². The van der Waals surface area contributed by atoms with E-state index in [4.69, 9.17) is 14.2 Å². The third kappa shape index (κ3) is 4.79. The number of amides is 1. The molecule has 2 aliphatic heterocycles. The molecule has 34 heavy (non-hydrogen) atoms. The van der Waals surface area contributed by atoms with Crippen LogP contribution in [0.2, 0.25) is 0 Å². The van der Waals surface area contributed by atoms with Crippen molar-refractivity contribution in [2.45, 2.75) is 18.9 Å². The van der Waals surface area contributed by atoms with Gasteiger partial charge in [0.1, 0.15) is 19.0 Å². The summed E-state index contributed by atoms with van der Waals surface area (Å²) in [5.41, 5.74) is 3.04. The Hall–Kier alpha value is -3.72. The summed E-state index contributed by atoms with van der Waals surface area (Å²) >= 11 is 0. The zero-order valence-electron chi connectivity index (χ0n) is 19.4. The Morgan fingerprint density at radius 3 is 2.68 bits per heavy atom. The van der Waals surface area contributed by atoms with E-state index in [-0.39, 0.29) is 5.91 Å². The number of nitrogens with zero attached hydrogens (tertiary/aromatic N) is 2. The lowest BCUT2D eigenvalue weighted by Crippen LogP contribution is -2.36. The van der Waals surface area contributed by atoms with Gasteiger partial charge in [0, 0.05) is 29.4 Å². The number of anilines is 2. The van der Waals surface area contributed by atoms with Gasteiger partial charge in [0.25, 0.3) is 5.91 Å². The van der Waals surface area contributed by atoms with E-state index in [0.29, 0.717) is 42.1 Å². The first-order chi connectivity index (χ1) is 16.6. The number of benzene rings is 2. The summed E-state index contributed by atoms with van der Waals surface area (Å²) in [6.45, 7) is 3.22. The maximum Gasteiger partial charge on any atom is 0.260 e. The molecule has 1 saturated heterocycles. The monoisotopic (exact) mass is 463 g/mol. The van der Waals surface area contributed by atoms with Crippen LogP contribution >= 0.6 is 0 Å². The molecule has 0 radical (unpaired) electrons. The van der Waals surface area contributed by atoms with Gasteiger partial charge in [-0.15, -0.1) is 0 Å². The number of ether oxygens (including phenoxy) is 3. The van der Waals surface area contributed by atoms with Crippen molar-refractivity contribution < 1.29 is 19.0 Å². The molecule has 0 unspecified atom stereocenters. The molecule has 1 fully saturated rings. The third-order valence-corrected chi connectivity index (χ3v) is 6.21. The molecule has 1 aromatic heterocycles. The smallest absolute Gasteiger partial charge is 0.260 e. The number of aromatic amines is 1. The van der Waals surface area contributed by atoms with Gasteiger partial charge in [-0.25, -0.2) is 0 Å². The van der Waals surface area contributed by atoms with Crippen molar-refractivity contribution in [1.29, 1.82) is 0 Å². The summed E-state index contributed by atoms with van der Waals surface area (Å²) in [4.78, 5) is 15.3. The van der Waals surface area contributed by atoms with Gasteiger partial charge in [0.2, 0.25) is 0 Å². The zero-order valence-corrected chi connectivity index (χ0v) is 19.4. The number of methoxy groups -OCH3 is 1. The topological polar surface area (TPSA) is 101 Å². The summed E-state index contributed by atoms with van der Waals surface area (Å²) in [6.07, 6.45) is 2.18. The van der Waals surface area contributed by atoms with Crippen molar-refractivity contribution in [2.24, 2.45) is 0 Å². The number of hydrogen-bond acceptors (Lipinski definition) is 7. The number of piperidine rings is 1. The van der Waals surface area contributed by atoms with Gasteiger partial charge < -0.3 is 29.7 Å². The van der Waals surface area contributed by atoms with Crippen molar-refractivity contribution in [3.8, 4) is 28.5 Å². The van der Waals surface area contributed by atoms with Crippen LogP contribution in [0.1, 0.15) is 23.2 Å². The number of hydrogen-bond donors (Lipinski definition) is 3. The van der Waals surface area contributed by atoms with Gasteiger partial charge in [-0.1, -0.05) is 0 Å². The molecule has 9 nitrogen and oxygen atoms in total. The van der Waals surface area contributed by atoms with E-state index in [9.17, 15) is 4.79 Å².